The van der Waals surface area contributed by atoms with Gasteiger partial charge >= 0.3 is 12.0 Å². The highest BCUT2D eigenvalue weighted by Crippen LogP contribution is 2.50. The van der Waals surface area contributed by atoms with Crippen molar-refractivity contribution >= 4 is 17.9 Å². The molecule has 2 aliphatic rings. The minimum absolute atomic E-state index is 0.131. The summed E-state index contributed by atoms with van der Waals surface area (Å²) in [5, 5.41) is 13.7. The van der Waals surface area contributed by atoms with Crippen LogP contribution in [-0.2, 0) is 9.59 Å². The Labute approximate surface area is 92.4 Å². The summed E-state index contributed by atoms with van der Waals surface area (Å²) in [7, 11) is 0. The first kappa shape index (κ1) is 10.9. The minimum Gasteiger partial charge on any atom is -0.481 e. The van der Waals surface area contributed by atoms with E-state index >= 15 is 0 Å². The van der Waals surface area contributed by atoms with Crippen LogP contribution in [0.1, 0.15) is 20.3 Å². The third-order valence-electron chi connectivity index (χ3n) is 3.53. The molecule has 0 spiro atoms. The number of amides is 3. The van der Waals surface area contributed by atoms with E-state index in [0.29, 0.717) is 6.42 Å². The highest BCUT2D eigenvalue weighted by atomic mass is 16.4. The Bertz CT molecular complexity index is 379. The fraction of sp³-hybridized carbons (Fsp3) is 0.700. The van der Waals surface area contributed by atoms with Crippen molar-refractivity contribution in [3.8, 4) is 0 Å². The Hall–Kier alpha value is -1.59. The van der Waals surface area contributed by atoms with Gasteiger partial charge in [0.2, 0.25) is 0 Å². The first-order valence-electron chi connectivity index (χ1n) is 5.26. The first-order chi connectivity index (χ1) is 7.39. The van der Waals surface area contributed by atoms with Crippen molar-refractivity contribution in [3.05, 3.63) is 0 Å². The fourth-order valence-corrected chi connectivity index (χ4v) is 2.55. The SMILES string of the molecule is CC(C)C1([C@H]2C[C@@H]2C(=O)O)NC(=O)NC1=O. The van der Waals surface area contributed by atoms with E-state index in [-0.39, 0.29) is 11.8 Å². The molecule has 0 radical (unpaired) electrons. The van der Waals surface area contributed by atoms with E-state index in [1.165, 1.54) is 0 Å². The zero-order valence-corrected chi connectivity index (χ0v) is 9.11. The van der Waals surface area contributed by atoms with Gasteiger partial charge in [-0.05, 0) is 12.3 Å². The molecular formula is C10H14N2O4. The number of carbonyl (C=O) groups is 3. The monoisotopic (exact) mass is 226 g/mol. The molecule has 1 aliphatic carbocycles. The van der Waals surface area contributed by atoms with Crippen LogP contribution in [0.5, 0.6) is 0 Å². The molecule has 3 amide bonds. The van der Waals surface area contributed by atoms with Crippen LogP contribution in [0, 0.1) is 17.8 Å². The molecule has 88 valence electrons. The van der Waals surface area contributed by atoms with Crippen molar-refractivity contribution in [1.82, 2.24) is 10.6 Å². The van der Waals surface area contributed by atoms with Crippen LogP contribution in [0.15, 0.2) is 0 Å². The number of hydrogen-bond acceptors (Lipinski definition) is 3. The van der Waals surface area contributed by atoms with Gasteiger partial charge in [0.1, 0.15) is 5.54 Å². The normalized spacial score (nSPS) is 37.2. The summed E-state index contributed by atoms with van der Waals surface area (Å²) in [5.41, 5.74) is -1.04. The van der Waals surface area contributed by atoms with E-state index in [2.05, 4.69) is 10.6 Å². The summed E-state index contributed by atoms with van der Waals surface area (Å²) in [5.74, 6) is -2.25. The molecule has 16 heavy (non-hydrogen) atoms. The van der Waals surface area contributed by atoms with Gasteiger partial charge in [0.15, 0.2) is 0 Å². The van der Waals surface area contributed by atoms with E-state index in [1.807, 2.05) is 13.8 Å². The van der Waals surface area contributed by atoms with Crippen LogP contribution in [0.4, 0.5) is 4.79 Å². The second kappa shape index (κ2) is 3.20. The van der Waals surface area contributed by atoms with E-state index in [0.717, 1.165) is 0 Å². The third-order valence-corrected chi connectivity index (χ3v) is 3.53. The van der Waals surface area contributed by atoms with Crippen molar-refractivity contribution in [1.29, 1.82) is 0 Å². The van der Waals surface area contributed by atoms with Crippen LogP contribution in [0.3, 0.4) is 0 Å². The minimum atomic E-state index is -1.04. The van der Waals surface area contributed by atoms with Gasteiger partial charge in [-0.25, -0.2) is 4.79 Å². The molecular weight excluding hydrogens is 212 g/mol. The summed E-state index contributed by atoms with van der Waals surface area (Å²) in [6.45, 7) is 3.62. The number of carboxylic acids is 1. The van der Waals surface area contributed by atoms with Gasteiger partial charge in [-0.3, -0.25) is 14.9 Å². The summed E-state index contributed by atoms with van der Waals surface area (Å²) in [6.07, 6.45) is 0.446. The van der Waals surface area contributed by atoms with E-state index in [4.69, 9.17) is 5.11 Å². The number of carboxylic acid groups (broad SMARTS) is 1. The lowest BCUT2D eigenvalue weighted by Crippen LogP contribution is -2.54. The second-order valence-corrected chi connectivity index (χ2v) is 4.72. The lowest BCUT2D eigenvalue weighted by molar-refractivity contribution is -0.139. The molecule has 6 nitrogen and oxygen atoms in total. The average Bonchev–Trinajstić information content (AvgIpc) is 2.88. The van der Waals surface area contributed by atoms with Gasteiger partial charge in [0.05, 0.1) is 5.92 Å². The quantitative estimate of drug-likeness (QED) is 0.587. The number of aliphatic carboxylic acids is 1. The molecule has 3 N–H and O–H groups in total. The average molecular weight is 226 g/mol. The molecule has 1 saturated carbocycles. The molecule has 2 fully saturated rings. The highest BCUT2D eigenvalue weighted by Gasteiger charge is 2.64. The van der Waals surface area contributed by atoms with Gasteiger partial charge in [0.25, 0.3) is 5.91 Å². The lowest BCUT2D eigenvalue weighted by Gasteiger charge is -2.30. The lowest BCUT2D eigenvalue weighted by atomic mass is 9.81. The summed E-state index contributed by atoms with van der Waals surface area (Å²) in [4.78, 5) is 33.8. The maximum atomic E-state index is 11.8. The molecule has 1 aliphatic heterocycles. The van der Waals surface area contributed by atoms with E-state index in [1.54, 1.807) is 0 Å². The standard InChI is InChI=1S/C10H14N2O4/c1-4(2)10(6-3-5(6)7(13)14)8(15)11-9(16)12-10/h4-6H,3H2,1-2H3,(H,13,14)(H2,11,12,15,16)/t5-,6-,10?/m0/s1. The van der Waals surface area contributed by atoms with Gasteiger partial charge in [0, 0.05) is 5.92 Å². The summed E-state index contributed by atoms with van der Waals surface area (Å²) < 4.78 is 0. The van der Waals surface area contributed by atoms with Crippen molar-refractivity contribution in [2.45, 2.75) is 25.8 Å². The Morgan fingerprint density at radius 3 is 2.44 bits per heavy atom. The van der Waals surface area contributed by atoms with Gasteiger partial charge in [-0.2, -0.15) is 0 Å². The Kier molecular flexibility index (Phi) is 2.18. The smallest absolute Gasteiger partial charge is 0.322 e. The molecule has 0 aromatic rings. The summed E-state index contributed by atoms with van der Waals surface area (Å²) in [6, 6.07) is -0.533. The Balaban J connectivity index is 2.28. The first-order valence-corrected chi connectivity index (χ1v) is 5.26. The maximum Gasteiger partial charge on any atom is 0.322 e. The summed E-state index contributed by atoms with van der Waals surface area (Å²) >= 11 is 0. The number of imide groups is 1. The predicted molar refractivity (Wildman–Crippen MR) is 53.5 cm³/mol. The molecule has 0 bridgehead atoms. The zero-order chi connectivity index (χ0) is 12.1. The number of nitrogens with one attached hydrogen (secondary N) is 2. The van der Waals surface area contributed by atoms with E-state index < -0.39 is 29.4 Å². The van der Waals surface area contributed by atoms with Crippen molar-refractivity contribution in [3.63, 3.8) is 0 Å². The number of hydrogen-bond donors (Lipinski definition) is 3. The number of carbonyl (C=O) groups excluding carboxylic acids is 2. The second-order valence-electron chi connectivity index (χ2n) is 4.72. The van der Waals surface area contributed by atoms with Crippen molar-refractivity contribution in [2.75, 3.05) is 0 Å². The van der Waals surface area contributed by atoms with E-state index in [9.17, 15) is 14.4 Å². The van der Waals surface area contributed by atoms with Crippen LogP contribution in [0.2, 0.25) is 0 Å². The highest BCUT2D eigenvalue weighted by molar-refractivity contribution is 6.08. The fourth-order valence-electron chi connectivity index (χ4n) is 2.55. The van der Waals surface area contributed by atoms with Gasteiger partial charge in [-0.1, -0.05) is 13.8 Å². The Morgan fingerprint density at radius 2 is 2.12 bits per heavy atom. The third kappa shape index (κ3) is 1.29. The van der Waals surface area contributed by atoms with Crippen LogP contribution in [-0.4, -0.2) is 28.6 Å². The molecule has 0 aromatic heterocycles. The molecule has 3 atom stereocenters. The topological polar surface area (TPSA) is 95.5 Å². The Morgan fingerprint density at radius 1 is 1.50 bits per heavy atom. The molecule has 0 aromatic carbocycles. The number of urea groups is 1. The largest absolute Gasteiger partial charge is 0.481 e. The molecule has 1 unspecified atom stereocenters. The molecule has 1 heterocycles. The predicted octanol–water partition coefficient (Wildman–Crippen LogP) is -0.0587. The molecule has 6 heteroatoms. The van der Waals surface area contributed by atoms with Crippen molar-refractivity contribution in [2.24, 2.45) is 17.8 Å². The zero-order valence-electron chi connectivity index (χ0n) is 9.11. The van der Waals surface area contributed by atoms with Crippen LogP contribution in [0.25, 0.3) is 0 Å². The molecule has 1 saturated heterocycles. The number of rotatable bonds is 3. The van der Waals surface area contributed by atoms with Crippen LogP contribution >= 0.6 is 0 Å². The van der Waals surface area contributed by atoms with Crippen LogP contribution < -0.4 is 10.6 Å². The molecule has 2 rings (SSSR count). The van der Waals surface area contributed by atoms with Gasteiger partial charge < -0.3 is 10.4 Å². The van der Waals surface area contributed by atoms with Crippen molar-refractivity contribution < 1.29 is 19.5 Å². The van der Waals surface area contributed by atoms with Gasteiger partial charge in [-0.15, -0.1) is 0 Å². The maximum absolute atomic E-state index is 11.8.